The fraction of sp³-hybridized carbons (Fsp3) is 0.889. The highest BCUT2D eigenvalue weighted by molar-refractivity contribution is 5.65. The molecule has 0 aromatic rings. The second-order valence-electron chi connectivity index (χ2n) is 3.12. The molecule has 0 aliphatic heterocycles. The maximum absolute atomic E-state index is 11.7. The van der Waals surface area contributed by atoms with Gasteiger partial charge in [0.25, 0.3) is 0 Å². The number of hydrogen-bond donors (Lipinski definition) is 0. The summed E-state index contributed by atoms with van der Waals surface area (Å²) in [5.41, 5.74) is 0. The van der Waals surface area contributed by atoms with E-state index in [0.717, 1.165) is 0 Å². The van der Waals surface area contributed by atoms with Crippen LogP contribution in [0, 0.1) is 0 Å². The molecule has 0 spiro atoms. The summed E-state index contributed by atoms with van der Waals surface area (Å²) in [6.45, 7) is 1.62. The Morgan fingerprint density at radius 2 is 1.71 bits per heavy atom. The third-order valence-corrected chi connectivity index (χ3v) is 1.66. The fourth-order valence-electron chi connectivity index (χ4n) is 0.997. The van der Waals surface area contributed by atoms with Crippen LogP contribution in [0.1, 0.15) is 39.0 Å². The lowest BCUT2D eigenvalue weighted by molar-refractivity contribution is -0.141. The average molecular weight is 212 g/mol. The van der Waals surface area contributed by atoms with Gasteiger partial charge in [-0.25, -0.2) is 0 Å². The lowest BCUT2D eigenvalue weighted by Gasteiger charge is -2.05. The Hall–Kier alpha value is -0.740. The Kier molecular flexibility index (Phi) is 6.32. The van der Waals surface area contributed by atoms with Gasteiger partial charge in [-0.15, -0.1) is 0 Å². The highest BCUT2D eigenvalue weighted by Crippen LogP contribution is 2.22. The van der Waals surface area contributed by atoms with Crippen molar-refractivity contribution in [3.05, 3.63) is 0 Å². The zero-order valence-electron chi connectivity index (χ0n) is 8.19. The van der Waals surface area contributed by atoms with Crippen LogP contribution in [-0.4, -0.2) is 18.8 Å². The van der Waals surface area contributed by atoms with E-state index in [-0.39, 0.29) is 12.4 Å². The van der Waals surface area contributed by atoms with Gasteiger partial charge in [0.2, 0.25) is 0 Å². The summed E-state index contributed by atoms with van der Waals surface area (Å²) >= 11 is 0. The molecule has 0 aromatic carbocycles. The molecule has 0 amide bonds. The number of rotatable bonds is 6. The van der Waals surface area contributed by atoms with E-state index >= 15 is 0 Å². The summed E-state index contributed by atoms with van der Waals surface area (Å²) in [5, 5.41) is 0. The maximum atomic E-state index is 11.7. The van der Waals surface area contributed by atoms with Gasteiger partial charge in [-0.05, 0) is 12.8 Å². The quantitative estimate of drug-likeness (QED) is 0.499. The molecule has 84 valence electrons. The van der Waals surface area contributed by atoms with Gasteiger partial charge in [0.15, 0.2) is 0 Å². The maximum Gasteiger partial charge on any atom is 0.389 e. The minimum Gasteiger partial charge on any atom is -0.466 e. The van der Waals surface area contributed by atoms with Crippen molar-refractivity contribution in [2.24, 2.45) is 0 Å². The van der Waals surface area contributed by atoms with Crippen LogP contribution in [0.3, 0.4) is 0 Å². The molecule has 0 aliphatic carbocycles. The van der Waals surface area contributed by atoms with E-state index < -0.39 is 12.6 Å². The zero-order chi connectivity index (χ0) is 11.0. The first kappa shape index (κ1) is 13.3. The number of carbonyl (C=O) groups excluding carboxylic acids is 1. The smallest absolute Gasteiger partial charge is 0.389 e. The molecule has 0 rings (SSSR count). The molecule has 0 aliphatic rings. The summed E-state index contributed by atoms with van der Waals surface area (Å²) in [7, 11) is 0. The van der Waals surface area contributed by atoms with E-state index in [9.17, 15) is 18.0 Å². The largest absolute Gasteiger partial charge is 0.466 e. The third kappa shape index (κ3) is 11.3. The summed E-state index contributed by atoms with van der Waals surface area (Å²) in [4.78, 5) is 10.3. The highest BCUT2D eigenvalue weighted by atomic mass is 19.4. The van der Waals surface area contributed by atoms with E-state index in [1.807, 2.05) is 0 Å². The van der Waals surface area contributed by atoms with Crippen molar-refractivity contribution in [2.45, 2.75) is 45.2 Å². The predicted molar refractivity (Wildman–Crippen MR) is 45.8 cm³/mol. The molecular formula is C9H15F3O2. The van der Waals surface area contributed by atoms with E-state index in [0.29, 0.717) is 25.9 Å². The number of ether oxygens (including phenoxy) is 1. The fourth-order valence-corrected chi connectivity index (χ4v) is 0.997. The molecule has 0 bridgehead atoms. The van der Waals surface area contributed by atoms with Gasteiger partial charge in [0.1, 0.15) is 0 Å². The average Bonchev–Trinajstić information content (AvgIpc) is 2.00. The standard InChI is InChI=1S/C9H15F3O2/c1-8(13)14-7-5-3-2-4-6-9(10,11)12/h2-7H2,1H3. The minimum atomic E-state index is -4.05. The molecule has 0 fully saturated rings. The number of esters is 1. The molecule has 0 aromatic heterocycles. The monoisotopic (exact) mass is 212 g/mol. The predicted octanol–water partition coefficient (Wildman–Crippen LogP) is 3.06. The summed E-state index contributed by atoms with van der Waals surface area (Å²) < 4.78 is 39.6. The first-order valence-electron chi connectivity index (χ1n) is 4.62. The van der Waals surface area contributed by atoms with Crippen molar-refractivity contribution in [2.75, 3.05) is 6.61 Å². The van der Waals surface area contributed by atoms with Crippen molar-refractivity contribution in [3.8, 4) is 0 Å². The Morgan fingerprint density at radius 1 is 1.14 bits per heavy atom. The van der Waals surface area contributed by atoms with Crippen molar-refractivity contribution < 1.29 is 22.7 Å². The normalized spacial score (nSPS) is 11.4. The Labute approximate surface area is 81.4 Å². The molecular weight excluding hydrogens is 197 g/mol. The Bertz CT molecular complexity index is 166. The van der Waals surface area contributed by atoms with Crippen LogP contribution in [0.2, 0.25) is 0 Å². The SMILES string of the molecule is CC(=O)OCCCCCCC(F)(F)F. The summed E-state index contributed by atoms with van der Waals surface area (Å²) in [6.07, 6.45) is -2.78. The second kappa shape index (κ2) is 6.68. The highest BCUT2D eigenvalue weighted by Gasteiger charge is 2.25. The number of unbranched alkanes of at least 4 members (excludes halogenated alkanes) is 3. The molecule has 0 unspecified atom stereocenters. The van der Waals surface area contributed by atoms with Crippen molar-refractivity contribution in [3.63, 3.8) is 0 Å². The number of hydrogen-bond acceptors (Lipinski definition) is 2. The Balaban J connectivity index is 3.11. The molecule has 0 radical (unpaired) electrons. The molecule has 0 saturated carbocycles. The van der Waals surface area contributed by atoms with Gasteiger partial charge >= 0.3 is 12.1 Å². The number of alkyl halides is 3. The van der Waals surface area contributed by atoms with Crippen molar-refractivity contribution in [1.82, 2.24) is 0 Å². The van der Waals surface area contributed by atoms with E-state index in [4.69, 9.17) is 0 Å². The molecule has 0 heterocycles. The van der Waals surface area contributed by atoms with Crippen molar-refractivity contribution >= 4 is 5.97 Å². The second-order valence-corrected chi connectivity index (χ2v) is 3.12. The van der Waals surface area contributed by atoms with Crippen molar-refractivity contribution in [1.29, 1.82) is 0 Å². The van der Waals surface area contributed by atoms with Gasteiger partial charge in [-0.1, -0.05) is 12.8 Å². The minimum absolute atomic E-state index is 0.156. The van der Waals surface area contributed by atoms with Gasteiger partial charge < -0.3 is 4.74 Å². The third-order valence-electron chi connectivity index (χ3n) is 1.66. The van der Waals surface area contributed by atoms with Gasteiger partial charge in [-0.2, -0.15) is 13.2 Å². The first-order valence-corrected chi connectivity index (χ1v) is 4.62. The topological polar surface area (TPSA) is 26.3 Å². The van der Waals surface area contributed by atoms with Crippen LogP contribution in [0.25, 0.3) is 0 Å². The van der Waals surface area contributed by atoms with E-state index in [2.05, 4.69) is 4.74 Å². The van der Waals surface area contributed by atoms with E-state index in [1.54, 1.807) is 0 Å². The van der Waals surface area contributed by atoms with Gasteiger partial charge in [0.05, 0.1) is 6.61 Å². The Morgan fingerprint density at radius 3 is 2.21 bits per heavy atom. The molecule has 0 atom stereocenters. The lowest BCUT2D eigenvalue weighted by Crippen LogP contribution is -2.06. The molecule has 0 saturated heterocycles. The molecule has 5 heteroatoms. The molecule has 0 N–H and O–H groups in total. The lowest BCUT2D eigenvalue weighted by atomic mass is 10.1. The van der Waals surface area contributed by atoms with Crippen LogP contribution in [0.4, 0.5) is 13.2 Å². The van der Waals surface area contributed by atoms with Crippen LogP contribution >= 0.6 is 0 Å². The number of carbonyl (C=O) groups is 1. The van der Waals surface area contributed by atoms with Crippen LogP contribution < -0.4 is 0 Å². The van der Waals surface area contributed by atoms with Crippen LogP contribution in [-0.2, 0) is 9.53 Å². The van der Waals surface area contributed by atoms with Gasteiger partial charge in [-0.3, -0.25) is 4.79 Å². The van der Waals surface area contributed by atoms with Crippen LogP contribution in [0.5, 0.6) is 0 Å². The van der Waals surface area contributed by atoms with Gasteiger partial charge in [0, 0.05) is 13.3 Å². The molecule has 2 nitrogen and oxygen atoms in total. The molecule has 14 heavy (non-hydrogen) atoms. The van der Waals surface area contributed by atoms with E-state index in [1.165, 1.54) is 6.92 Å². The summed E-state index contributed by atoms with van der Waals surface area (Å²) in [6, 6.07) is 0. The number of halogens is 3. The van der Waals surface area contributed by atoms with Crippen LogP contribution in [0.15, 0.2) is 0 Å². The summed E-state index contributed by atoms with van der Waals surface area (Å²) in [5.74, 6) is -0.347. The first-order chi connectivity index (χ1) is 6.42. The zero-order valence-corrected chi connectivity index (χ0v) is 8.19.